The molecule has 3 N–H and O–H groups in total. The van der Waals surface area contributed by atoms with Crippen molar-refractivity contribution in [3.63, 3.8) is 0 Å². The summed E-state index contributed by atoms with van der Waals surface area (Å²) >= 11 is 12.8. The molecule has 22 heavy (non-hydrogen) atoms. The zero-order valence-electron chi connectivity index (χ0n) is 12.0. The highest BCUT2D eigenvalue weighted by Gasteiger charge is 2.23. The van der Waals surface area contributed by atoms with E-state index in [1.165, 1.54) is 0 Å². The number of hydrogen-bond acceptors (Lipinski definition) is 4. The van der Waals surface area contributed by atoms with Crippen molar-refractivity contribution in [2.45, 2.75) is 6.10 Å². The standard InChI is InChI=1S/C16H16Cl2N2O2/c1-21-9-5-12(17)15(13(18)6-9)11-3-2-4-14-16(11)22-10(7-19)8-20-14/h2-6,10,20H,7-8,19H2,1H3/t10-/m1/s1. The monoisotopic (exact) mass is 338 g/mol. The number of para-hydroxylation sites is 1. The molecule has 0 fully saturated rings. The molecule has 0 spiro atoms. The fourth-order valence-electron chi connectivity index (χ4n) is 2.49. The van der Waals surface area contributed by atoms with Gasteiger partial charge in [0, 0.05) is 17.7 Å². The van der Waals surface area contributed by atoms with Crippen LogP contribution in [0.25, 0.3) is 11.1 Å². The van der Waals surface area contributed by atoms with Gasteiger partial charge in [0.05, 0.1) is 29.4 Å². The Kier molecular flexibility index (Phi) is 4.34. The molecule has 1 heterocycles. The number of benzene rings is 2. The van der Waals surface area contributed by atoms with Gasteiger partial charge in [-0.15, -0.1) is 0 Å². The highest BCUT2D eigenvalue weighted by Crippen LogP contribution is 2.45. The van der Waals surface area contributed by atoms with Crippen molar-refractivity contribution in [3.8, 4) is 22.6 Å². The first-order chi connectivity index (χ1) is 10.6. The predicted molar refractivity (Wildman–Crippen MR) is 90.4 cm³/mol. The van der Waals surface area contributed by atoms with Gasteiger partial charge in [-0.2, -0.15) is 0 Å². The first kappa shape index (κ1) is 15.3. The van der Waals surface area contributed by atoms with Crippen molar-refractivity contribution < 1.29 is 9.47 Å². The lowest BCUT2D eigenvalue weighted by atomic mass is 10.0. The van der Waals surface area contributed by atoms with Gasteiger partial charge in [0.25, 0.3) is 0 Å². The Hall–Kier alpha value is -1.62. The van der Waals surface area contributed by atoms with E-state index in [1.54, 1.807) is 19.2 Å². The largest absolute Gasteiger partial charge is 0.497 e. The van der Waals surface area contributed by atoms with Crippen molar-refractivity contribution >= 4 is 28.9 Å². The third-order valence-electron chi connectivity index (χ3n) is 3.60. The SMILES string of the molecule is COc1cc(Cl)c(-c2cccc3c2O[C@H](CN)CN3)c(Cl)c1. The number of hydrogen-bond donors (Lipinski definition) is 2. The van der Waals surface area contributed by atoms with Crippen LogP contribution in [0.1, 0.15) is 0 Å². The van der Waals surface area contributed by atoms with Gasteiger partial charge >= 0.3 is 0 Å². The number of halogens is 2. The van der Waals surface area contributed by atoms with Gasteiger partial charge in [-0.25, -0.2) is 0 Å². The van der Waals surface area contributed by atoms with Crippen molar-refractivity contribution in [1.29, 1.82) is 0 Å². The van der Waals surface area contributed by atoms with E-state index in [1.807, 2.05) is 18.2 Å². The second-order valence-electron chi connectivity index (χ2n) is 5.00. The van der Waals surface area contributed by atoms with Gasteiger partial charge in [0.15, 0.2) is 5.75 Å². The van der Waals surface area contributed by atoms with Crippen LogP contribution in [-0.2, 0) is 0 Å². The van der Waals surface area contributed by atoms with Gasteiger partial charge in [0.1, 0.15) is 11.9 Å². The third-order valence-corrected chi connectivity index (χ3v) is 4.20. The number of fused-ring (bicyclic) bond motifs is 1. The Labute approximate surface area is 139 Å². The first-order valence-electron chi connectivity index (χ1n) is 6.91. The second-order valence-corrected chi connectivity index (χ2v) is 5.82. The van der Waals surface area contributed by atoms with Crippen molar-refractivity contribution in [1.82, 2.24) is 0 Å². The molecule has 1 aliphatic heterocycles. The topological polar surface area (TPSA) is 56.5 Å². The number of ether oxygens (including phenoxy) is 2. The molecule has 2 aromatic carbocycles. The molecule has 0 aromatic heterocycles. The molecule has 0 unspecified atom stereocenters. The Morgan fingerprint density at radius 1 is 1.32 bits per heavy atom. The Morgan fingerprint density at radius 2 is 2.05 bits per heavy atom. The van der Waals surface area contributed by atoms with Crippen molar-refractivity contribution in [3.05, 3.63) is 40.4 Å². The van der Waals surface area contributed by atoms with Crippen LogP contribution >= 0.6 is 23.2 Å². The van der Waals surface area contributed by atoms with E-state index in [0.29, 0.717) is 28.9 Å². The molecule has 0 aliphatic carbocycles. The van der Waals surface area contributed by atoms with E-state index in [4.69, 9.17) is 38.4 Å². The molecule has 0 saturated carbocycles. The highest BCUT2D eigenvalue weighted by molar-refractivity contribution is 6.39. The molecule has 1 aliphatic rings. The summed E-state index contributed by atoms with van der Waals surface area (Å²) in [6.45, 7) is 1.11. The van der Waals surface area contributed by atoms with E-state index in [9.17, 15) is 0 Å². The zero-order chi connectivity index (χ0) is 15.7. The Bertz CT molecular complexity index is 684. The molecule has 3 rings (SSSR count). The maximum Gasteiger partial charge on any atom is 0.150 e. The number of nitrogens with two attached hydrogens (primary N) is 1. The molecule has 0 radical (unpaired) electrons. The number of nitrogens with one attached hydrogen (secondary N) is 1. The second kappa shape index (κ2) is 6.24. The molecular formula is C16H16Cl2N2O2. The van der Waals surface area contributed by atoms with Crippen LogP contribution in [0, 0.1) is 0 Å². The summed E-state index contributed by atoms with van der Waals surface area (Å²) in [6.07, 6.45) is -0.0792. The van der Waals surface area contributed by atoms with Gasteiger partial charge in [0.2, 0.25) is 0 Å². The van der Waals surface area contributed by atoms with Gasteiger partial charge < -0.3 is 20.5 Å². The minimum absolute atomic E-state index is 0.0792. The molecule has 0 amide bonds. The molecule has 0 saturated heterocycles. The Morgan fingerprint density at radius 3 is 2.68 bits per heavy atom. The van der Waals surface area contributed by atoms with Crippen LogP contribution in [0.3, 0.4) is 0 Å². The average molecular weight is 339 g/mol. The van der Waals surface area contributed by atoms with E-state index in [2.05, 4.69) is 5.32 Å². The number of methoxy groups -OCH3 is 1. The quantitative estimate of drug-likeness (QED) is 0.893. The van der Waals surface area contributed by atoms with Crippen LogP contribution < -0.4 is 20.5 Å². The maximum atomic E-state index is 6.40. The summed E-state index contributed by atoms with van der Waals surface area (Å²) in [5.74, 6) is 1.33. The minimum atomic E-state index is -0.0792. The van der Waals surface area contributed by atoms with Crippen LogP contribution in [0.4, 0.5) is 5.69 Å². The summed E-state index contributed by atoms with van der Waals surface area (Å²) < 4.78 is 11.2. The minimum Gasteiger partial charge on any atom is -0.497 e. The summed E-state index contributed by atoms with van der Waals surface area (Å²) in [5, 5.41) is 4.34. The van der Waals surface area contributed by atoms with Crippen molar-refractivity contribution in [2.24, 2.45) is 5.73 Å². The lowest BCUT2D eigenvalue weighted by molar-refractivity contribution is 0.215. The summed E-state index contributed by atoms with van der Waals surface area (Å²) in [7, 11) is 1.57. The average Bonchev–Trinajstić information content (AvgIpc) is 2.53. The van der Waals surface area contributed by atoms with Crippen LogP contribution in [0.15, 0.2) is 30.3 Å². The smallest absolute Gasteiger partial charge is 0.150 e. The summed E-state index contributed by atoms with van der Waals surface area (Å²) in [5.41, 5.74) is 8.18. The molecule has 4 nitrogen and oxygen atoms in total. The maximum absolute atomic E-state index is 6.40. The fraction of sp³-hybridized carbons (Fsp3) is 0.250. The lowest BCUT2D eigenvalue weighted by Crippen LogP contribution is -2.37. The van der Waals surface area contributed by atoms with Crippen molar-refractivity contribution in [2.75, 3.05) is 25.5 Å². The van der Waals surface area contributed by atoms with E-state index >= 15 is 0 Å². The molecule has 2 aromatic rings. The molecule has 6 heteroatoms. The molecular weight excluding hydrogens is 323 g/mol. The number of anilines is 1. The Balaban J connectivity index is 2.14. The fourth-order valence-corrected chi connectivity index (χ4v) is 3.16. The van der Waals surface area contributed by atoms with Crippen LogP contribution in [0.5, 0.6) is 11.5 Å². The third kappa shape index (κ3) is 2.70. The number of rotatable bonds is 3. The predicted octanol–water partition coefficient (Wildman–Crippen LogP) is 3.80. The first-order valence-corrected chi connectivity index (χ1v) is 7.66. The molecule has 116 valence electrons. The normalized spacial score (nSPS) is 16.5. The van der Waals surface area contributed by atoms with E-state index < -0.39 is 0 Å². The lowest BCUT2D eigenvalue weighted by Gasteiger charge is -2.28. The summed E-state index contributed by atoms with van der Waals surface area (Å²) in [6, 6.07) is 9.29. The van der Waals surface area contributed by atoms with Gasteiger partial charge in [-0.3, -0.25) is 0 Å². The summed E-state index contributed by atoms with van der Waals surface area (Å²) in [4.78, 5) is 0. The van der Waals surface area contributed by atoms with Gasteiger partial charge in [-0.1, -0.05) is 35.3 Å². The molecule has 1 atom stereocenters. The van der Waals surface area contributed by atoms with Crippen LogP contribution in [-0.4, -0.2) is 26.3 Å². The highest BCUT2D eigenvalue weighted by atomic mass is 35.5. The van der Waals surface area contributed by atoms with Crippen LogP contribution in [0.2, 0.25) is 10.0 Å². The van der Waals surface area contributed by atoms with E-state index in [-0.39, 0.29) is 6.10 Å². The zero-order valence-corrected chi connectivity index (χ0v) is 13.5. The van der Waals surface area contributed by atoms with Gasteiger partial charge in [-0.05, 0) is 18.2 Å². The van der Waals surface area contributed by atoms with E-state index in [0.717, 1.165) is 22.6 Å². The molecule has 0 bridgehead atoms.